The molecule has 2 heterocycles. The molecule has 0 spiro atoms. The molecule has 0 aliphatic heterocycles. The van der Waals surface area contributed by atoms with Gasteiger partial charge in [-0.25, -0.2) is 9.78 Å². The minimum absolute atomic E-state index is 0.00758. The van der Waals surface area contributed by atoms with Crippen LogP contribution in [0.1, 0.15) is 39.9 Å². The van der Waals surface area contributed by atoms with Gasteiger partial charge in [0.1, 0.15) is 6.61 Å². The average molecular weight is 384 g/mol. The van der Waals surface area contributed by atoms with Crippen LogP contribution in [-0.4, -0.2) is 16.9 Å². The molecule has 0 unspecified atom stereocenters. The first kappa shape index (κ1) is 18.8. The summed E-state index contributed by atoms with van der Waals surface area (Å²) in [6, 6.07) is 7.24. The van der Waals surface area contributed by atoms with Crippen LogP contribution in [0.5, 0.6) is 0 Å². The zero-order chi connectivity index (χ0) is 19.6. The van der Waals surface area contributed by atoms with Gasteiger partial charge in [-0.05, 0) is 44.0 Å². The molecular formula is C20H20N2O4S. The Morgan fingerprint density at radius 3 is 2.52 bits per heavy atom. The summed E-state index contributed by atoms with van der Waals surface area (Å²) in [5, 5.41) is 2.32. The molecule has 0 aliphatic rings. The average Bonchev–Trinajstić information content (AvgIpc) is 3.27. The topological polar surface area (TPSA) is 72.6 Å². The first-order valence-corrected chi connectivity index (χ1v) is 9.28. The number of hydrogen-bond acceptors (Lipinski definition) is 6. The predicted molar refractivity (Wildman–Crippen MR) is 103 cm³/mol. The number of furan rings is 1. The summed E-state index contributed by atoms with van der Waals surface area (Å²) in [5.41, 5.74) is 4.56. The monoisotopic (exact) mass is 384 g/mol. The van der Waals surface area contributed by atoms with Gasteiger partial charge in [0, 0.05) is 12.3 Å². The second-order valence-electron chi connectivity index (χ2n) is 6.28. The van der Waals surface area contributed by atoms with Crippen molar-refractivity contribution >= 4 is 34.0 Å². The van der Waals surface area contributed by atoms with Gasteiger partial charge in [0.2, 0.25) is 11.7 Å². The van der Waals surface area contributed by atoms with Crippen LogP contribution in [0, 0.1) is 20.8 Å². The Balaban J connectivity index is 1.82. The lowest BCUT2D eigenvalue weighted by molar-refractivity contribution is -0.115. The quantitative estimate of drug-likeness (QED) is 0.596. The van der Waals surface area contributed by atoms with Crippen LogP contribution in [-0.2, 0) is 16.1 Å². The molecule has 2 aromatic heterocycles. The summed E-state index contributed by atoms with van der Waals surface area (Å²) < 4.78 is 10.2. The Kier molecular flexibility index (Phi) is 5.41. The van der Waals surface area contributed by atoms with E-state index in [1.165, 1.54) is 30.6 Å². The summed E-state index contributed by atoms with van der Waals surface area (Å²) in [7, 11) is 0. The lowest BCUT2D eigenvalue weighted by Gasteiger charge is -2.23. The highest BCUT2D eigenvalue weighted by atomic mass is 32.1. The molecule has 0 saturated carbocycles. The molecular weight excluding hydrogens is 364 g/mol. The van der Waals surface area contributed by atoms with Crippen molar-refractivity contribution in [3.63, 3.8) is 0 Å². The third-order valence-electron chi connectivity index (χ3n) is 3.98. The van der Waals surface area contributed by atoms with Crippen LogP contribution in [0.3, 0.4) is 0 Å². The van der Waals surface area contributed by atoms with Crippen LogP contribution in [0.25, 0.3) is 0 Å². The van der Waals surface area contributed by atoms with E-state index in [0.717, 1.165) is 22.4 Å². The molecule has 1 amide bonds. The number of aryl methyl sites for hydroxylation is 3. The minimum atomic E-state index is -0.553. The first-order chi connectivity index (χ1) is 12.9. The number of nitrogens with zero attached hydrogens (tertiary/aromatic N) is 2. The van der Waals surface area contributed by atoms with E-state index in [1.54, 1.807) is 16.3 Å². The minimum Gasteiger partial charge on any atom is -0.457 e. The number of benzene rings is 1. The van der Waals surface area contributed by atoms with E-state index in [2.05, 4.69) is 4.98 Å². The molecule has 3 rings (SSSR count). The third-order valence-corrected chi connectivity index (χ3v) is 4.85. The highest BCUT2D eigenvalue weighted by Gasteiger charge is 2.22. The third kappa shape index (κ3) is 4.09. The van der Waals surface area contributed by atoms with Crippen LogP contribution < -0.4 is 4.90 Å². The molecule has 140 valence electrons. The van der Waals surface area contributed by atoms with Crippen LogP contribution in [0.4, 0.5) is 10.8 Å². The van der Waals surface area contributed by atoms with Gasteiger partial charge in [0.25, 0.3) is 0 Å². The molecule has 0 radical (unpaired) electrons. The molecule has 0 bridgehead atoms. The number of ether oxygens (including phenoxy) is 1. The van der Waals surface area contributed by atoms with E-state index in [1.807, 2.05) is 32.9 Å². The molecule has 6 nitrogen and oxygen atoms in total. The van der Waals surface area contributed by atoms with Crippen LogP contribution in [0.15, 0.2) is 40.3 Å². The van der Waals surface area contributed by atoms with E-state index in [-0.39, 0.29) is 18.3 Å². The first-order valence-electron chi connectivity index (χ1n) is 8.40. The van der Waals surface area contributed by atoms with E-state index >= 15 is 0 Å². The van der Waals surface area contributed by atoms with Gasteiger partial charge in [0.05, 0.1) is 17.6 Å². The molecule has 0 aliphatic carbocycles. The summed E-state index contributed by atoms with van der Waals surface area (Å²) >= 11 is 1.33. The van der Waals surface area contributed by atoms with E-state index in [0.29, 0.717) is 10.8 Å². The largest absolute Gasteiger partial charge is 0.457 e. The van der Waals surface area contributed by atoms with Crippen molar-refractivity contribution in [1.82, 2.24) is 4.98 Å². The molecule has 3 aromatic rings. The molecule has 27 heavy (non-hydrogen) atoms. The maximum atomic E-state index is 12.4. The smallest absolute Gasteiger partial charge is 0.374 e. The molecule has 0 N–H and O–H groups in total. The predicted octanol–water partition coefficient (Wildman–Crippen LogP) is 4.70. The molecule has 1 aromatic carbocycles. The highest BCUT2D eigenvalue weighted by molar-refractivity contribution is 7.14. The van der Waals surface area contributed by atoms with E-state index in [9.17, 15) is 9.59 Å². The fourth-order valence-electron chi connectivity index (χ4n) is 2.98. The van der Waals surface area contributed by atoms with Crippen molar-refractivity contribution < 1.29 is 18.7 Å². The van der Waals surface area contributed by atoms with Crippen LogP contribution >= 0.6 is 11.3 Å². The van der Waals surface area contributed by atoms with Crippen molar-refractivity contribution in [3.8, 4) is 0 Å². The van der Waals surface area contributed by atoms with Gasteiger partial charge < -0.3 is 9.15 Å². The Bertz CT molecular complexity index is 953. The van der Waals surface area contributed by atoms with Crippen molar-refractivity contribution in [2.45, 2.75) is 34.3 Å². The summed E-state index contributed by atoms with van der Waals surface area (Å²) in [4.78, 5) is 30.3. The second-order valence-corrected chi connectivity index (χ2v) is 7.11. The van der Waals surface area contributed by atoms with Gasteiger partial charge in [-0.1, -0.05) is 17.7 Å². The van der Waals surface area contributed by atoms with Gasteiger partial charge in [-0.2, -0.15) is 0 Å². The number of aromatic nitrogens is 1. The van der Waals surface area contributed by atoms with Crippen molar-refractivity contribution in [3.05, 3.63) is 64.1 Å². The lowest BCUT2D eigenvalue weighted by atomic mass is 10.0. The summed E-state index contributed by atoms with van der Waals surface area (Å²) in [6.45, 7) is 7.50. The Morgan fingerprint density at radius 2 is 1.93 bits per heavy atom. The fourth-order valence-corrected chi connectivity index (χ4v) is 3.84. The normalized spacial score (nSPS) is 10.7. The number of rotatable bonds is 5. The number of carbonyl (C=O) groups excluding carboxylic acids is 2. The standard InChI is InChI=1S/C20H20N2O4S/c1-12-8-13(2)18(14(3)9-12)22(15(4)23)20-21-16(11-27-20)10-26-19(24)17-6-5-7-25-17/h5-9,11H,10H2,1-4H3. The summed E-state index contributed by atoms with van der Waals surface area (Å²) in [5.74, 6) is -0.538. The molecule has 0 saturated heterocycles. The zero-order valence-corrected chi connectivity index (χ0v) is 16.4. The zero-order valence-electron chi connectivity index (χ0n) is 15.6. The summed E-state index contributed by atoms with van der Waals surface area (Å²) in [6.07, 6.45) is 1.41. The van der Waals surface area contributed by atoms with Crippen molar-refractivity contribution in [1.29, 1.82) is 0 Å². The SMILES string of the molecule is CC(=O)N(c1nc(COC(=O)c2ccco2)cs1)c1c(C)cc(C)cc1C. The Hall–Kier alpha value is -2.93. The number of anilines is 2. The molecule has 7 heteroatoms. The van der Waals surface area contributed by atoms with Gasteiger partial charge in [0.15, 0.2) is 5.13 Å². The molecule has 0 atom stereocenters. The Labute approximate surface area is 161 Å². The maximum absolute atomic E-state index is 12.4. The van der Waals surface area contributed by atoms with Gasteiger partial charge in [-0.15, -0.1) is 11.3 Å². The number of hydrogen-bond donors (Lipinski definition) is 0. The van der Waals surface area contributed by atoms with E-state index in [4.69, 9.17) is 9.15 Å². The van der Waals surface area contributed by atoms with Crippen molar-refractivity contribution in [2.75, 3.05) is 4.90 Å². The maximum Gasteiger partial charge on any atom is 0.374 e. The van der Waals surface area contributed by atoms with Crippen molar-refractivity contribution in [2.24, 2.45) is 0 Å². The number of carbonyl (C=O) groups is 2. The van der Waals surface area contributed by atoms with Crippen LogP contribution in [0.2, 0.25) is 0 Å². The number of thiazole rings is 1. The number of amides is 1. The van der Waals surface area contributed by atoms with E-state index < -0.39 is 5.97 Å². The number of esters is 1. The van der Waals surface area contributed by atoms with Gasteiger partial charge in [-0.3, -0.25) is 9.69 Å². The lowest BCUT2D eigenvalue weighted by Crippen LogP contribution is -2.24. The highest BCUT2D eigenvalue weighted by Crippen LogP contribution is 2.34. The fraction of sp³-hybridized carbons (Fsp3) is 0.250. The Morgan fingerprint density at radius 1 is 1.22 bits per heavy atom. The molecule has 0 fully saturated rings. The van der Waals surface area contributed by atoms with Gasteiger partial charge >= 0.3 is 5.97 Å². The second kappa shape index (κ2) is 7.75.